The van der Waals surface area contributed by atoms with Crippen molar-refractivity contribution in [2.75, 3.05) is 16.2 Å². The summed E-state index contributed by atoms with van der Waals surface area (Å²) >= 11 is 5.88. The molecule has 1 heterocycles. The minimum absolute atomic E-state index is 0.0238. The Kier molecular flexibility index (Phi) is 4.71. The first kappa shape index (κ1) is 17.7. The van der Waals surface area contributed by atoms with Gasteiger partial charge in [0.2, 0.25) is 5.91 Å². The van der Waals surface area contributed by atoms with Crippen LogP contribution in [0.3, 0.4) is 0 Å². The van der Waals surface area contributed by atoms with Gasteiger partial charge in [-0.25, -0.2) is 12.8 Å². The van der Waals surface area contributed by atoms with Gasteiger partial charge in [0, 0.05) is 19.2 Å². The van der Waals surface area contributed by atoms with E-state index < -0.39 is 15.8 Å². The third-order valence-electron chi connectivity index (χ3n) is 4.04. The summed E-state index contributed by atoms with van der Waals surface area (Å²) in [5.74, 6) is -0.626. The summed E-state index contributed by atoms with van der Waals surface area (Å²) < 4.78 is 40.7. The molecule has 0 aliphatic carbocycles. The maximum atomic E-state index is 13.1. The standard InChI is InChI=1S/C17H16ClFN2O3S/c1-11(22)21-8-2-3-12-9-14(5-7-17(12)21)25(23,24)20-16-6-4-13(19)10-15(16)18/h4-7,9-10,20H,2-3,8H2,1H3. The molecule has 2 aromatic carbocycles. The molecule has 1 aliphatic rings. The van der Waals surface area contributed by atoms with Crippen LogP contribution in [0, 0.1) is 5.82 Å². The first-order valence-corrected chi connectivity index (χ1v) is 9.53. The van der Waals surface area contributed by atoms with E-state index >= 15 is 0 Å². The molecule has 0 radical (unpaired) electrons. The summed E-state index contributed by atoms with van der Waals surface area (Å²) in [7, 11) is -3.88. The largest absolute Gasteiger partial charge is 0.312 e. The number of nitrogens with zero attached hydrogens (tertiary/aromatic N) is 1. The quantitative estimate of drug-likeness (QED) is 0.882. The lowest BCUT2D eigenvalue weighted by molar-refractivity contribution is -0.116. The molecule has 1 amide bonds. The van der Waals surface area contributed by atoms with Gasteiger partial charge in [0.15, 0.2) is 0 Å². The van der Waals surface area contributed by atoms with Crippen molar-refractivity contribution in [3.63, 3.8) is 0 Å². The van der Waals surface area contributed by atoms with E-state index in [1.165, 1.54) is 19.1 Å². The SMILES string of the molecule is CC(=O)N1CCCc2cc(S(=O)(=O)Nc3ccc(F)cc3Cl)ccc21. The number of nitrogens with one attached hydrogen (secondary N) is 1. The zero-order valence-corrected chi connectivity index (χ0v) is 15.0. The van der Waals surface area contributed by atoms with E-state index in [4.69, 9.17) is 11.6 Å². The molecule has 2 aromatic rings. The number of halogens is 2. The maximum absolute atomic E-state index is 13.1. The van der Waals surface area contributed by atoms with Gasteiger partial charge >= 0.3 is 0 Å². The molecule has 1 N–H and O–H groups in total. The van der Waals surface area contributed by atoms with Crippen LogP contribution in [0.5, 0.6) is 0 Å². The van der Waals surface area contributed by atoms with E-state index in [9.17, 15) is 17.6 Å². The second-order valence-electron chi connectivity index (χ2n) is 5.79. The Labute approximate surface area is 150 Å². The monoisotopic (exact) mass is 382 g/mol. The van der Waals surface area contributed by atoms with E-state index in [1.807, 2.05) is 0 Å². The minimum atomic E-state index is -3.88. The van der Waals surface area contributed by atoms with Crippen molar-refractivity contribution in [2.45, 2.75) is 24.7 Å². The number of rotatable bonds is 3. The van der Waals surface area contributed by atoms with Gasteiger partial charge in [-0.05, 0) is 54.8 Å². The fourth-order valence-corrected chi connectivity index (χ4v) is 4.24. The molecule has 0 unspecified atom stereocenters. The van der Waals surface area contributed by atoms with Crippen LogP contribution >= 0.6 is 11.6 Å². The fourth-order valence-electron chi connectivity index (χ4n) is 2.84. The second kappa shape index (κ2) is 6.65. The molecule has 0 bridgehead atoms. The zero-order valence-electron chi connectivity index (χ0n) is 13.4. The van der Waals surface area contributed by atoms with Crippen molar-refractivity contribution < 1.29 is 17.6 Å². The molecular formula is C17H16ClFN2O3S. The Hall–Kier alpha value is -2.12. The van der Waals surface area contributed by atoms with E-state index in [1.54, 1.807) is 17.0 Å². The molecule has 132 valence electrons. The van der Waals surface area contributed by atoms with E-state index in [2.05, 4.69) is 4.72 Å². The molecule has 8 heteroatoms. The summed E-state index contributed by atoms with van der Waals surface area (Å²) in [6.45, 7) is 2.11. The number of amides is 1. The first-order chi connectivity index (χ1) is 11.8. The average Bonchev–Trinajstić information content (AvgIpc) is 2.56. The van der Waals surface area contributed by atoms with Gasteiger partial charge < -0.3 is 4.90 Å². The van der Waals surface area contributed by atoms with Crippen LogP contribution < -0.4 is 9.62 Å². The van der Waals surface area contributed by atoms with Gasteiger partial charge in [0.05, 0.1) is 15.6 Å². The van der Waals surface area contributed by atoms with Gasteiger partial charge in [0.1, 0.15) is 5.82 Å². The van der Waals surface area contributed by atoms with E-state index in [-0.39, 0.29) is 21.5 Å². The van der Waals surface area contributed by atoms with Crippen LogP contribution in [-0.2, 0) is 21.2 Å². The van der Waals surface area contributed by atoms with Crippen LogP contribution in [-0.4, -0.2) is 20.9 Å². The number of carbonyl (C=O) groups is 1. The van der Waals surface area contributed by atoms with Gasteiger partial charge in [-0.3, -0.25) is 9.52 Å². The van der Waals surface area contributed by atoms with Crippen LogP contribution in [0.2, 0.25) is 5.02 Å². The number of aryl methyl sites for hydroxylation is 1. The lowest BCUT2D eigenvalue weighted by Crippen LogP contribution is -2.33. The molecule has 1 aliphatic heterocycles. The van der Waals surface area contributed by atoms with Gasteiger partial charge in [0.25, 0.3) is 10.0 Å². The zero-order chi connectivity index (χ0) is 18.2. The Morgan fingerprint density at radius 3 is 2.68 bits per heavy atom. The summed E-state index contributed by atoms with van der Waals surface area (Å²) in [5.41, 5.74) is 1.64. The summed E-state index contributed by atoms with van der Waals surface area (Å²) in [6, 6.07) is 8.07. The van der Waals surface area contributed by atoms with Crippen LogP contribution in [0.4, 0.5) is 15.8 Å². The lowest BCUT2D eigenvalue weighted by atomic mass is 10.0. The lowest BCUT2D eigenvalue weighted by Gasteiger charge is -2.28. The molecule has 3 rings (SSSR count). The molecule has 0 spiro atoms. The maximum Gasteiger partial charge on any atom is 0.261 e. The highest BCUT2D eigenvalue weighted by atomic mass is 35.5. The predicted molar refractivity (Wildman–Crippen MR) is 95.0 cm³/mol. The highest BCUT2D eigenvalue weighted by Gasteiger charge is 2.23. The molecule has 0 atom stereocenters. The average molecular weight is 383 g/mol. The number of hydrogen-bond donors (Lipinski definition) is 1. The highest BCUT2D eigenvalue weighted by molar-refractivity contribution is 7.92. The molecular weight excluding hydrogens is 367 g/mol. The number of hydrogen-bond acceptors (Lipinski definition) is 3. The number of fused-ring (bicyclic) bond motifs is 1. The number of benzene rings is 2. The predicted octanol–water partition coefficient (Wildman–Crippen LogP) is 3.58. The third kappa shape index (κ3) is 3.62. The molecule has 0 saturated heterocycles. The van der Waals surface area contributed by atoms with E-state index in [0.29, 0.717) is 13.0 Å². The normalized spacial score (nSPS) is 14.1. The third-order valence-corrected chi connectivity index (χ3v) is 5.71. The molecule has 0 saturated carbocycles. The van der Waals surface area contributed by atoms with Crippen LogP contribution in [0.15, 0.2) is 41.3 Å². The summed E-state index contributed by atoms with van der Waals surface area (Å²) in [4.78, 5) is 13.4. The van der Waals surface area contributed by atoms with Crippen molar-refractivity contribution in [3.8, 4) is 0 Å². The van der Waals surface area contributed by atoms with Crippen molar-refractivity contribution in [3.05, 3.63) is 52.8 Å². The second-order valence-corrected chi connectivity index (χ2v) is 7.88. The number of anilines is 2. The van der Waals surface area contributed by atoms with Gasteiger partial charge in [-0.15, -0.1) is 0 Å². The highest BCUT2D eigenvalue weighted by Crippen LogP contribution is 2.31. The molecule has 5 nitrogen and oxygen atoms in total. The minimum Gasteiger partial charge on any atom is -0.312 e. The smallest absolute Gasteiger partial charge is 0.261 e. The number of carbonyl (C=O) groups excluding carboxylic acids is 1. The van der Waals surface area contributed by atoms with Gasteiger partial charge in [-0.2, -0.15) is 0 Å². The number of sulfonamides is 1. The Morgan fingerprint density at radius 2 is 2.00 bits per heavy atom. The van der Waals surface area contributed by atoms with Crippen molar-refractivity contribution in [1.82, 2.24) is 0 Å². The Morgan fingerprint density at radius 1 is 1.24 bits per heavy atom. The van der Waals surface area contributed by atoms with Crippen molar-refractivity contribution in [1.29, 1.82) is 0 Å². The Bertz CT molecular complexity index is 947. The van der Waals surface area contributed by atoms with Crippen molar-refractivity contribution >= 4 is 38.9 Å². The van der Waals surface area contributed by atoms with Crippen LogP contribution in [0.25, 0.3) is 0 Å². The molecule has 0 fully saturated rings. The molecule has 25 heavy (non-hydrogen) atoms. The van der Waals surface area contributed by atoms with E-state index in [0.717, 1.165) is 29.8 Å². The fraction of sp³-hybridized carbons (Fsp3) is 0.235. The first-order valence-electron chi connectivity index (χ1n) is 7.67. The van der Waals surface area contributed by atoms with Crippen LogP contribution in [0.1, 0.15) is 18.9 Å². The summed E-state index contributed by atoms with van der Waals surface area (Å²) in [5, 5.41) is -0.0238. The summed E-state index contributed by atoms with van der Waals surface area (Å²) in [6.07, 6.45) is 1.47. The molecule has 0 aromatic heterocycles. The van der Waals surface area contributed by atoms with Gasteiger partial charge in [-0.1, -0.05) is 11.6 Å². The Balaban J connectivity index is 1.94. The van der Waals surface area contributed by atoms with Crippen molar-refractivity contribution in [2.24, 2.45) is 0 Å². The topological polar surface area (TPSA) is 66.5 Å².